The van der Waals surface area contributed by atoms with Crippen LogP contribution in [0.25, 0.3) is 11.1 Å². The Morgan fingerprint density at radius 3 is 3.12 bits per heavy atom. The SMILES string of the molecule is CCc1noc2ncc(C(=O)NC3CCOc4ccc(Br)cc43)cc12. The van der Waals surface area contributed by atoms with Crippen LogP contribution in [0.2, 0.25) is 0 Å². The highest BCUT2D eigenvalue weighted by Crippen LogP contribution is 2.34. The zero-order chi connectivity index (χ0) is 17.4. The molecule has 1 N–H and O–H groups in total. The fourth-order valence-corrected chi connectivity index (χ4v) is 3.39. The Labute approximate surface area is 152 Å². The van der Waals surface area contributed by atoms with Crippen LogP contribution in [-0.2, 0) is 6.42 Å². The smallest absolute Gasteiger partial charge is 0.257 e. The van der Waals surface area contributed by atoms with Gasteiger partial charge in [-0.2, -0.15) is 0 Å². The maximum absolute atomic E-state index is 12.7. The summed E-state index contributed by atoms with van der Waals surface area (Å²) in [5.41, 5.74) is 2.72. The van der Waals surface area contributed by atoms with Gasteiger partial charge in [-0.1, -0.05) is 28.0 Å². The highest BCUT2D eigenvalue weighted by Gasteiger charge is 2.24. The minimum atomic E-state index is -0.171. The van der Waals surface area contributed by atoms with E-state index in [1.807, 2.05) is 25.1 Å². The topological polar surface area (TPSA) is 77.2 Å². The molecule has 1 atom stereocenters. The van der Waals surface area contributed by atoms with Crippen LogP contribution in [0.4, 0.5) is 0 Å². The molecule has 0 spiro atoms. The first-order valence-corrected chi connectivity index (χ1v) is 8.92. The third-order valence-electron chi connectivity index (χ3n) is 4.32. The minimum Gasteiger partial charge on any atom is -0.493 e. The molecule has 6 nitrogen and oxygen atoms in total. The Bertz CT molecular complexity index is 954. The number of fused-ring (bicyclic) bond motifs is 2. The average Bonchev–Trinajstić information content (AvgIpc) is 3.04. The summed E-state index contributed by atoms with van der Waals surface area (Å²) in [6, 6.07) is 7.51. The summed E-state index contributed by atoms with van der Waals surface area (Å²) in [5.74, 6) is 0.635. The molecule has 0 saturated heterocycles. The number of nitrogens with zero attached hydrogens (tertiary/aromatic N) is 2. The first kappa shape index (κ1) is 16.1. The molecule has 128 valence electrons. The normalized spacial score (nSPS) is 16.3. The molecule has 0 fully saturated rings. The zero-order valence-corrected chi connectivity index (χ0v) is 15.2. The predicted molar refractivity (Wildman–Crippen MR) is 95.6 cm³/mol. The number of hydrogen-bond donors (Lipinski definition) is 1. The molecule has 7 heteroatoms. The Hall–Kier alpha value is -2.41. The van der Waals surface area contributed by atoms with E-state index in [2.05, 4.69) is 31.4 Å². The van der Waals surface area contributed by atoms with E-state index in [0.717, 1.165) is 39.7 Å². The lowest BCUT2D eigenvalue weighted by molar-refractivity contribution is 0.0924. The van der Waals surface area contributed by atoms with Crippen LogP contribution in [0.1, 0.15) is 41.0 Å². The van der Waals surface area contributed by atoms with Gasteiger partial charge in [0, 0.05) is 22.7 Å². The zero-order valence-electron chi connectivity index (χ0n) is 13.6. The monoisotopic (exact) mass is 401 g/mol. The van der Waals surface area contributed by atoms with Crippen LogP contribution in [-0.4, -0.2) is 22.7 Å². The Morgan fingerprint density at radius 2 is 2.28 bits per heavy atom. The van der Waals surface area contributed by atoms with Crippen LogP contribution in [0, 0.1) is 0 Å². The van der Waals surface area contributed by atoms with Crippen LogP contribution in [0.3, 0.4) is 0 Å². The molecule has 0 saturated carbocycles. The van der Waals surface area contributed by atoms with Gasteiger partial charge in [0.15, 0.2) is 0 Å². The van der Waals surface area contributed by atoms with E-state index < -0.39 is 0 Å². The lowest BCUT2D eigenvalue weighted by atomic mass is 10.00. The molecule has 2 aromatic heterocycles. The van der Waals surface area contributed by atoms with Crippen molar-refractivity contribution in [2.24, 2.45) is 0 Å². The first-order chi connectivity index (χ1) is 12.2. The molecule has 1 amide bonds. The van der Waals surface area contributed by atoms with Crippen LogP contribution < -0.4 is 10.1 Å². The molecule has 3 heterocycles. The molecule has 4 rings (SSSR count). The lowest BCUT2D eigenvalue weighted by Gasteiger charge is -2.27. The Morgan fingerprint density at radius 1 is 1.40 bits per heavy atom. The molecule has 25 heavy (non-hydrogen) atoms. The van der Waals surface area contributed by atoms with Crippen LogP contribution in [0.15, 0.2) is 39.5 Å². The molecular formula is C18H16BrN3O3. The summed E-state index contributed by atoms with van der Waals surface area (Å²) in [7, 11) is 0. The number of benzene rings is 1. The number of amides is 1. The fourth-order valence-electron chi connectivity index (χ4n) is 3.02. The maximum Gasteiger partial charge on any atom is 0.257 e. The van der Waals surface area contributed by atoms with Crippen molar-refractivity contribution in [2.45, 2.75) is 25.8 Å². The molecule has 3 aromatic rings. The molecule has 1 aliphatic heterocycles. The number of halogens is 1. The summed E-state index contributed by atoms with van der Waals surface area (Å²) in [5, 5.41) is 7.84. The number of ether oxygens (including phenoxy) is 1. The van der Waals surface area contributed by atoms with Gasteiger partial charge in [0.05, 0.1) is 29.3 Å². The van der Waals surface area contributed by atoms with Gasteiger partial charge in [0.1, 0.15) is 5.75 Å². The first-order valence-electron chi connectivity index (χ1n) is 8.13. The van der Waals surface area contributed by atoms with Gasteiger partial charge in [0.2, 0.25) is 0 Å². The van der Waals surface area contributed by atoms with E-state index in [1.165, 1.54) is 6.20 Å². The van der Waals surface area contributed by atoms with Crippen molar-refractivity contribution in [1.29, 1.82) is 0 Å². The maximum atomic E-state index is 12.7. The van der Waals surface area contributed by atoms with Gasteiger partial charge in [-0.05, 0) is 30.7 Å². The lowest BCUT2D eigenvalue weighted by Crippen LogP contribution is -2.32. The molecular weight excluding hydrogens is 386 g/mol. The fraction of sp³-hybridized carbons (Fsp3) is 0.278. The average molecular weight is 402 g/mol. The quantitative estimate of drug-likeness (QED) is 0.721. The number of hydrogen-bond acceptors (Lipinski definition) is 5. The number of pyridine rings is 1. The van der Waals surface area contributed by atoms with Crippen molar-refractivity contribution in [1.82, 2.24) is 15.5 Å². The molecule has 0 bridgehead atoms. The van der Waals surface area contributed by atoms with Gasteiger partial charge in [-0.15, -0.1) is 0 Å². The van der Waals surface area contributed by atoms with Gasteiger partial charge < -0.3 is 14.6 Å². The largest absolute Gasteiger partial charge is 0.493 e. The second-order valence-electron chi connectivity index (χ2n) is 5.90. The van der Waals surface area contributed by atoms with Crippen LogP contribution >= 0.6 is 15.9 Å². The highest BCUT2D eigenvalue weighted by molar-refractivity contribution is 9.10. The second kappa shape index (κ2) is 6.48. The molecule has 1 aliphatic rings. The summed E-state index contributed by atoms with van der Waals surface area (Å²) in [6.45, 7) is 2.56. The van der Waals surface area contributed by atoms with E-state index in [4.69, 9.17) is 9.26 Å². The van der Waals surface area contributed by atoms with Gasteiger partial charge in [0.25, 0.3) is 11.6 Å². The van der Waals surface area contributed by atoms with Crippen molar-refractivity contribution in [3.8, 4) is 5.75 Å². The number of carbonyl (C=O) groups is 1. The van der Waals surface area contributed by atoms with E-state index in [1.54, 1.807) is 6.07 Å². The molecule has 0 radical (unpaired) electrons. The predicted octanol–water partition coefficient (Wildman–Crippen LogP) is 3.80. The minimum absolute atomic E-state index is 0.0995. The Kier molecular flexibility index (Phi) is 4.17. The van der Waals surface area contributed by atoms with Crippen molar-refractivity contribution in [3.63, 3.8) is 0 Å². The number of aryl methyl sites for hydroxylation is 1. The van der Waals surface area contributed by atoms with Crippen molar-refractivity contribution in [2.75, 3.05) is 6.61 Å². The number of nitrogens with one attached hydrogen (secondary N) is 1. The van der Waals surface area contributed by atoms with Crippen LogP contribution in [0.5, 0.6) is 5.75 Å². The van der Waals surface area contributed by atoms with Gasteiger partial charge >= 0.3 is 0 Å². The standard InChI is InChI=1S/C18H16BrN3O3/c1-2-14-13-7-10(9-20-18(13)25-22-14)17(23)21-15-5-6-24-16-4-3-11(19)8-12(15)16/h3-4,7-9,15H,2,5-6H2,1H3,(H,21,23). The van der Waals surface area contributed by atoms with Crippen molar-refractivity contribution < 1.29 is 14.1 Å². The number of rotatable bonds is 3. The number of aromatic nitrogens is 2. The summed E-state index contributed by atoms with van der Waals surface area (Å²) in [4.78, 5) is 16.9. The molecule has 0 aliphatic carbocycles. The summed E-state index contributed by atoms with van der Waals surface area (Å²) in [6.07, 6.45) is 2.96. The molecule has 1 aromatic carbocycles. The third kappa shape index (κ3) is 3.00. The third-order valence-corrected chi connectivity index (χ3v) is 4.81. The summed E-state index contributed by atoms with van der Waals surface area (Å²) < 4.78 is 11.8. The number of carbonyl (C=O) groups excluding carboxylic acids is 1. The van der Waals surface area contributed by atoms with Gasteiger partial charge in [-0.25, -0.2) is 4.98 Å². The van der Waals surface area contributed by atoms with Crippen molar-refractivity contribution >= 4 is 32.9 Å². The summed E-state index contributed by atoms with van der Waals surface area (Å²) >= 11 is 3.47. The van der Waals surface area contributed by atoms with Crippen molar-refractivity contribution in [3.05, 3.63) is 51.8 Å². The van der Waals surface area contributed by atoms with E-state index in [9.17, 15) is 4.79 Å². The van der Waals surface area contributed by atoms with E-state index in [-0.39, 0.29) is 11.9 Å². The van der Waals surface area contributed by atoms with E-state index >= 15 is 0 Å². The molecule has 1 unspecified atom stereocenters. The Balaban J connectivity index is 1.62. The van der Waals surface area contributed by atoms with Gasteiger partial charge in [-0.3, -0.25) is 4.79 Å². The highest BCUT2D eigenvalue weighted by atomic mass is 79.9. The second-order valence-corrected chi connectivity index (χ2v) is 6.82. The van der Waals surface area contributed by atoms with E-state index in [0.29, 0.717) is 17.9 Å².